The summed E-state index contributed by atoms with van der Waals surface area (Å²) in [4.78, 5) is 30.0. The fourth-order valence-electron chi connectivity index (χ4n) is 5.63. The molecule has 208 valence electrons. The summed E-state index contributed by atoms with van der Waals surface area (Å²) < 4.78 is 35.3. The molecule has 5 aromatic rings. The number of nitrogens with two attached hydrogens (primary N) is 1. The Kier molecular flexibility index (Phi) is 6.42. The molecule has 8 nitrogen and oxygen atoms in total. The van der Waals surface area contributed by atoms with Gasteiger partial charge >= 0.3 is 0 Å². The first-order chi connectivity index (χ1) is 19.5. The average Bonchev–Trinajstić information content (AvgIpc) is 3.70. The predicted molar refractivity (Wildman–Crippen MR) is 157 cm³/mol. The molecule has 0 unspecified atom stereocenters. The second-order valence-electron chi connectivity index (χ2n) is 10.8. The maximum Gasteiger partial charge on any atom is 0.268 e. The number of rotatable bonds is 8. The number of carbonyl (C=O) groups is 2. The SMILES string of the molecule is Cc1cc(C)c(S(=O)(=O)n2cc(C(=O)COc3cc4ccncc4cc3C(N)=O)c3ccc(C4CC4)cc32)c(C)c1. The topological polar surface area (TPSA) is 121 Å². The number of primary amides is 1. The summed E-state index contributed by atoms with van der Waals surface area (Å²) in [5.74, 6) is -0.558. The first-order valence-electron chi connectivity index (χ1n) is 13.4. The highest BCUT2D eigenvalue weighted by molar-refractivity contribution is 7.90. The van der Waals surface area contributed by atoms with Gasteiger partial charge in [0.1, 0.15) is 5.75 Å². The summed E-state index contributed by atoms with van der Waals surface area (Å²) in [6.45, 7) is 5.08. The van der Waals surface area contributed by atoms with E-state index in [1.54, 1.807) is 44.4 Å². The number of ether oxygens (including phenoxy) is 1. The van der Waals surface area contributed by atoms with Crippen molar-refractivity contribution in [1.29, 1.82) is 0 Å². The lowest BCUT2D eigenvalue weighted by molar-refractivity contribution is 0.0914. The van der Waals surface area contributed by atoms with E-state index in [1.165, 1.54) is 10.2 Å². The standard InChI is InChI=1S/C32H29N3O5S/c1-18-10-19(2)31(20(3)11-18)41(38,39)35-16-27(25-7-6-22(13-28(25)35)21-4-5-21)29(36)17-40-30-14-23-8-9-34-15-24(23)12-26(30)32(33)37/h6-16,21H,4-5,17H2,1-3H3,(H2,33,37). The molecule has 9 heteroatoms. The van der Waals surface area contributed by atoms with Gasteiger partial charge in [0.25, 0.3) is 15.9 Å². The van der Waals surface area contributed by atoms with Gasteiger partial charge in [-0.3, -0.25) is 14.6 Å². The van der Waals surface area contributed by atoms with Crippen LogP contribution < -0.4 is 10.5 Å². The van der Waals surface area contributed by atoms with E-state index in [0.717, 1.165) is 29.4 Å². The van der Waals surface area contributed by atoms with Crippen molar-refractivity contribution in [1.82, 2.24) is 8.96 Å². The van der Waals surface area contributed by atoms with Crippen LogP contribution in [-0.4, -0.2) is 35.7 Å². The molecule has 1 saturated carbocycles. The van der Waals surface area contributed by atoms with Crippen LogP contribution in [0.3, 0.4) is 0 Å². The molecule has 1 fully saturated rings. The minimum atomic E-state index is -4.03. The summed E-state index contributed by atoms with van der Waals surface area (Å²) in [6.07, 6.45) is 6.73. The highest BCUT2D eigenvalue weighted by Gasteiger charge is 2.29. The maximum atomic E-state index is 14.1. The highest BCUT2D eigenvalue weighted by Crippen LogP contribution is 2.42. The van der Waals surface area contributed by atoms with Crippen molar-refractivity contribution in [2.75, 3.05) is 6.61 Å². The summed E-state index contributed by atoms with van der Waals surface area (Å²) in [5, 5.41) is 2.00. The van der Waals surface area contributed by atoms with Crippen molar-refractivity contribution >= 4 is 43.4 Å². The Labute approximate surface area is 237 Å². The second-order valence-corrected chi connectivity index (χ2v) is 12.5. The van der Waals surface area contributed by atoms with E-state index in [4.69, 9.17) is 10.5 Å². The van der Waals surface area contributed by atoms with Crippen LogP contribution in [0.25, 0.3) is 21.7 Å². The number of pyridine rings is 1. The van der Waals surface area contributed by atoms with Crippen LogP contribution in [0.4, 0.5) is 0 Å². The number of nitrogens with zero attached hydrogens (tertiary/aromatic N) is 2. The Hall–Kier alpha value is -4.50. The van der Waals surface area contributed by atoms with Crippen LogP contribution in [0.1, 0.15) is 61.7 Å². The van der Waals surface area contributed by atoms with Crippen molar-refractivity contribution in [2.45, 2.75) is 44.4 Å². The number of aromatic nitrogens is 2. The van der Waals surface area contributed by atoms with Crippen molar-refractivity contribution in [3.05, 3.63) is 101 Å². The Morgan fingerprint density at radius 3 is 2.39 bits per heavy atom. The number of aryl methyl sites for hydroxylation is 3. The van der Waals surface area contributed by atoms with Gasteiger partial charge in [-0.25, -0.2) is 12.4 Å². The number of carbonyl (C=O) groups excluding carboxylic acids is 2. The Balaban J connectivity index is 1.42. The third-order valence-electron chi connectivity index (χ3n) is 7.63. The molecular weight excluding hydrogens is 538 g/mol. The monoisotopic (exact) mass is 567 g/mol. The summed E-state index contributed by atoms with van der Waals surface area (Å²) >= 11 is 0. The molecule has 6 rings (SSSR count). The molecule has 2 heterocycles. The van der Waals surface area contributed by atoms with Gasteiger partial charge < -0.3 is 10.5 Å². The molecule has 2 aromatic heterocycles. The zero-order valence-corrected chi connectivity index (χ0v) is 23.8. The van der Waals surface area contributed by atoms with Crippen LogP contribution in [0.15, 0.2) is 72.0 Å². The molecule has 1 aliphatic carbocycles. The van der Waals surface area contributed by atoms with Gasteiger partial charge in [0.15, 0.2) is 6.61 Å². The van der Waals surface area contributed by atoms with Crippen LogP contribution in [-0.2, 0) is 10.0 Å². The Morgan fingerprint density at radius 1 is 0.976 bits per heavy atom. The molecule has 2 N–H and O–H groups in total. The lowest BCUT2D eigenvalue weighted by atomic mass is 10.1. The lowest BCUT2D eigenvalue weighted by Crippen LogP contribution is -2.17. The molecule has 1 amide bonds. The third-order valence-corrected chi connectivity index (χ3v) is 9.61. The number of ketones is 1. The molecule has 1 aliphatic rings. The number of amides is 1. The third kappa shape index (κ3) is 4.76. The molecular formula is C32H29N3O5S. The van der Waals surface area contributed by atoms with E-state index in [2.05, 4.69) is 4.98 Å². The minimum absolute atomic E-state index is 0.128. The number of fused-ring (bicyclic) bond motifs is 2. The maximum absolute atomic E-state index is 14.1. The van der Waals surface area contributed by atoms with E-state index in [1.807, 2.05) is 37.3 Å². The normalized spacial score (nSPS) is 13.5. The smallest absolute Gasteiger partial charge is 0.268 e. The molecule has 0 aliphatic heterocycles. The largest absolute Gasteiger partial charge is 0.485 e. The molecule has 0 radical (unpaired) electrons. The van der Waals surface area contributed by atoms with Gasteiger partial charge in [0.2, 0.25) is 5.78 Å². The number of benzene rings is 3. The van der Waals surface area contributed by atoms with Gasteiger partial charge in [-0.15, -0.1) is 0 Å². The van der Waals surface area contributed by atoms with Gasteiger partial charge in [0.05, 0.1) is 16.0 Å². The first kappa shape index (κ1) is 26.7. The molecule has 41 heavy (non-hydrogen) atoms. The van der Waals surface area contributed by atoms with Gasteiger partial charge in [0, 0.05) is 34.9 Å². The van der Waals surface area contributed by atoms with Gasteiger partial charge in [-0.05, 0) is 85.9 Å². The summed E-state index contributed by atoms with van der Waals surface area (Å²) in [6, 6.07) is 14.3. The molecule has 0 bridgehead atoms. The predicted octanol–water partition coefficient (Wildman–Crippen LogP) is 5.59. The van der Waals surface area contributed by atoms with E-state index < -0.39 is 28.3 Å². The van der Waals surface area contributed by atoms with E-state index >= 15 is 0 Å². The van der Waals surface area contributed by atoms with Crippen LogP contribution in [0.2, 0.25) is 0 Å². The average molecular weight is 568 g/mol. The van der Waals surface area contributed by atoms with Crippen molar-refractivity contribution in [3.63, 3.8) is 0 Å². The number of hydrogen-bond acceptors (Lipinski definition) is 6. The van der Waals surface area contributed by atoms with Gasteiger partial charge in [-0.2, -0.15) is 0 Å². The molecule has 0 atom stereocenters. The molecule has 3 aromatic carbocycles. The fourth-order valence-corrected chi connectivity index (χ4v) is 7.41. The second kappa shape index (κ2) is 9.85. The van der Waals surface area contributed by atoms with Crippen molar-refractivity contribution in [2.24, 2.45) is 5.73 Å². The fraction of sp³-hybridized carbons (Fsp3) is 0.219. The molecule has 0 saturated heterocycles. The molecule has 0 spiro atoms. The quantitative estimate of drug-likeness (QED) is 0.244. The zero-order chi connectivity index (χ0) is 29.1. The Bertz CT molecular complexity index is 1980. The number of Topliss-reactive ketones (excluding diaryl/α,β-unsaturated/α-hetero) is 1. The summed E-state index contributed by atoms with van der Waals surface area (Å²) in [5.41, 5.74) is 9.70. The van der Waals surface area contributed by atoms with Crippen LogP contribution in [0.5, 0.6) is 5.75 Å². The van der Waals surface area contributed by atoms with Crippen LogP contribution >= 0.6 is 0 Å². The van der Waals surface area contributed by atoms with Gasteiger partial charge in [-0.1, -0.05) is 29.8 Å². The summed E-state index contributed by atoms with van der Waals surface area (Å²) in [7, 11) is -4.03. The van der Waals surface area contributed by atoms with Crippen molar-refractivity contribution < 1.29 is 22.7 Å². The van der Waals surface area contributed by atoms with E-state index in [-0.39, 0.29) is 21.8 Å². The van der Waals surface area contributed by atoms with E-state index in [9.17, 15) is 18.0 Å². The highest BCUT2D eigenvalue weighted by atomic mass is 32.2. The number of hydrogen-bond donors (Lipinski definition) is 1. The lowest BCUT2D eigenvalue weighted by Gasteiger charge is -2.14. The van der Waals surface area contributed by atoms with Crippen molar-refractivity contribution in [3.8, 4) is 5.75 Å². The Morgan fingerprint density at radius 2 is 1.71 bits per heavy atom. The van der Waals surface area contributed by atoms with Crippen LogP contribution in [0, 0.1) is 20.8 Å². The van der Waals surface area contributed by atoms with E-state index in [0.29, 0.717) is 33.3 Å². The first-order valence-corrected chi connectivity index (χ1v) is 14.8. The zero-order valence-electron chi connectivity index (χ0n) is 23.0. The minimum Gasteiger partial charge on any atom is -0.485 e.